The van der Waals surface area contributed by atoms with Crippen LogP contribution in [0.15, 0.2) is 34.9 Å². The molecule has 1 atom stereocenters. The molecular formula is C17H20N2O2. The monoisotopic (exact) mass is 284 g/mol. The maximum atomic E-state index is 11.7. The second-order valence-corrected chi connectivity index (χ2v) is 5.83. The summed E-state index contributed by atoms with van der Waals surface area (Å²) < 4.78 is 5.40. The molecule has 3 rings (SSSR count). The fourth-order valence-electron chi connectivity index (χ4n) is 3.14. The van der Waals surface area contributed by atoms with E-state index in [4.69, 9.17) is 4.52 Å². The van der Waals surface area contributed by atoms with Crippen molar-refractivity contribution in [3.8, 4) is 0 Å². The van der Waals surface area contributed by atoms with E-state index >= 15 is 0 Å². The molecule has 4 nitrogen and oxygen atoms in total. The van der Waals surface area contributed by atoms with Crippen LogP contribution >= 0.6 is 0 Å². The van der Waals surface area contributed by atoms with Gasteiger partial charge in [0.2, 0.25) is 5.89 Å². The largest absolute Gasteiger partial charge is 0.339 e. The van der Waals surface area contributed by atoms with Gasteiger partial charge in [0.05, 0.1) is 11.3 Å². The van der Waals surface area contributed by atoms with E-state index in [1.807, 2.05) is 25.1 Å². The Hall–Kier alpha value is -1.97. The number of Topliss-reactive ketones (excluding diaryl/α,β-unsaturated/α-hetero) is 1. The number of ketones is 1. The predicted octanol–water partition coefficient (Wildman–Crippen LogP) is 3.62. The highest BCUT2D eigenvalue weighted by atomic mass is 16.5. The first-order valence-corrected chi connectivity index (χ1v) is 7.57. The molecule has 0 saturated heterocycles. The quantitative estimate of drug-likeness (QED) is 0.841. The van der Waals surface area contributed by atoms with Crippen molar-refractivity contribution in [2.75, 3.05) is 0 Å². The molecule has 0 spiro atoms. The van der Waals surface area contributed by atoms with Crippen LogP contribution in [-0.2, 0) is 10.2 Å². The number of benzene rings is 1. The van der Waals surface area contributed by atoms with Gasteiger partial charge in [-0.05, 0) is 31.7 Å². The number of aromatic nitrogens is 2. The van der Waals surface area contributed by atoms with Crippen LogP contribution in [0.2, 0.25) is 0 Å². The third-order valence-corrected chi connectivity index (χ3v) is 4.60. The molecular weight excluding hydrogens is 264 g/mol. The summed E-state index contributed by atoms with van der Waals surface area (Å²) in [6.07, 6.45) is 3.93. The first-order valence-electron chi connectivity index (χ1n) is 7.57. The first kappa shape index (κ1) is 14.0. The molecule has 110 valence electrons. The van der Waals surface area contributed by atoms with Gasteiger partial charge < -0.3 is 4.52 Å². The van der Waals surface area contributed by atoms with E-state index in [0.29, 0.717) is 12.3 Å². The van der Waals surface area contributed by atoms with Gasteiger partial charge in [-0.3, -0.25) is 4.79 Å². The van der Waals surface area contributed by atoms with Crippen LogP contribution in [0.1, 0.15) is 62.7 Å². The Balaban J connectivity index is 1.96. The zero-order valence-corrected chi connectivity index (χ0v) is 12.5. The Morgan fingerprint density at radius 1 is 1.33 bits per heavy atom. The van der Waals surface area contributed by atoms with Crippen molar-refractivity contribution in [2.24, 2.45) is 0 Å². The topological polar surface area (TPSA) is 56.0 Å². The third kappa shape index (κ3) is 2.28. The van der Waals surface area contributed by atoms with Gasteiger partial charge in [0.15, 0.2) is 5.82 Å². The van der Waals surface area contributed by atoms with Gasteiger partial charge in [-0.2, -0.15) is 4.98 Å². The zero-order chi connectivity index (χ0) is 14.9. The van der Waals surface area contributed by atoms with Crippen LogP contribution in [0.25, 0.3) is 0 Å². The van der Waals surface area contributed by atoms with Crippen LogP contribution in [0, 0.1) is 0 Å². The molecule has 0 amide bonds. The van der Waals surface area contributed by atoms with Gasteiger partial charge >= 0.3 is 0 Å². The fourth-order valence-corrected chi connectivity index (χ4v) is 3.14. The first-order chi connectivity index (χ1) is 10.2. The van der Waals surface area contributed by atoms with Crippen molar-refractivity contribution in [1.29, 1.82) is 0 Å². The Bertz CT molecular complexity index is 629. The van der Waals surface area contributed by atoms with E-state index in [-0.39, 0.29) is 17.1 Å². The Morgan fingerprint density at radius 3 is 2.57 bits per heavy atom. The molecule has 1 aromatic heterocycles. The molecule has 2 aromatic rings. The van der Waals surface area contributed by atoms with Crippen LogP contribution in [-0.4, -0.2) is 15.9 Å². The van der Waals surface area contributed by atoms with E-state index in [9.17, 15) is 4.79 Å². The second-order valence-electron chi connectivity index (χ2n) is 5.83. The van der Waals surface area contributed by atoms with E-state index in [2.05, 4.69) is 22.3 Å². The maximum absolute atomic E-state index is 11.7. The van der Waals surface area contributed by atoms with Crippen molar-refractivity contribution in [3.63, 3.8) is 0 Å². The highest BCUT2D eigenvalue weighted by Gasteiger charge is 2.44. The maximum Gasteiger partial charge on any atom is 0.237 e. The Kier molecular flexibility index (Phi) is 3.62. The number of nitrogens with zero attached hydrogens (tertiary/aromatic N) is 2. The van der Waals surface area contributed by atoms with E-state index in [0.717, 1.165) is 18.7 Å². The minimum atomic E-state index is -0.279. The van der Waals surface area contributed by atoms with Gasteiger partial charge in [0, 0.05) is 0 Å². The predicted molar refractivity (Wildman–Crippen MR) is 79.1 cm³/mol. The summed E-state index contributed by atoms with van der Waals surface area (Å²) in [5.74, 6) is 0.992. The molecule has 1 aliphatic carbocycles. The van der Waals surface area contributed by atoms with Gasteiger partial charge in [-0.1, -0.05) is 48.8 Å². The van der Waals surface area contributed by atoms with Gasteiger partial charge in [0.1, 0.15) is 5.78 Å². The molecule has 4 heteroatoms. The average Bonchev–Trinajstić information content (AvgIpc) is 2.89. The number of hydrogen-bond donors (Lipinski definition) is 0. The molecule has 1 heterocycles. The fraction of sp³-hybridized carbons (Fsp3) is 0.471. The zero-order valence-electron chi connectivity index (χ0n) is 12.5. The van der Waals surface area contributed by atoms with Crippen molar-refractivity contribution >= 4 is 5.78 Å². The summed E-state index contributed by atoms with van der Waals surface area (Å²) >= 11 is 0. The molecule has 0 bridgehead atoms. The van der Waals surface area contributed by atoms with E-state index in [1.54, 1.807) is 6.92 Å². The lowest BCUT2D eigenvalue weighted by Gasteiger charge is -2.39. The van der Waals surface area contributed by atoms with Crippen LogP contribution in [0.4, 0.5) is 0 Å². The Labute approximate surface area is 124 Å². The lowest BCUT2D eigenvalue weighted by molar-refractivity contribution is -0.119. The number of carbonyl (C=O) groups is 1. The normalized spacial score (nSPS) is 18.0. The summed E-state index contributed by atoms with van der Waals surface area (Å²) in [7, 11) is 0. The van der Waals surface area contributed by atoms with Crippen LogP contribution < -0.4 is 0 Å². The van der Waals surface area contributed by atoms with Crippen molar-refractivity contribution < 1.29 is 9.32 Å². The standard InChI is InChI=1S/C17H20N2O2/c1-3-14(12(2)20)15-18-16(19-21-15)17(10-7-11-17)13-8-5-4-6-9-13/h4-6,8-9,14H,3,7,10-11H2,1-2H3. The molecule has 1 aliphatic rings. The second kappa shape index (κ2) is 5.43. The highest BCUT2D eigenvalue weighted by molar-refractivity contribution is 5.82. The minimum Gasteiger partial charge on any atom is -0.339 e. The average molecular weight is 284 g/mol. The Morgan fingerprint density at radius 2 is 2.05 bits per heavy atom. The molecule has 21 heavy (non-hydrogen) atoms. The molecule has 1 fully saturated rings. The number of rotatable bonds is 5. The third-order valence-electron chi connectivity index (χ3n) is 4.60. The summed E-state index contributed by atoms with van der Waals surface area (Å²) in [6.45, 7) is 3.54. The van der Waals surface area contributed by atoms with Crippen LogP contribution in [0.3, 0.4) is 0 Å². The van der Waals surface area contributed by atoms with Gasteiger partial charge in [0.25, 0.3) is 0 Å². The SMILES string of the molecule is CCC(C(C)=O)c1nc(C2(c3ccccc3)CCC2)no1. The molecule has 1 aromatic carbocycles. The summed E-state index contributed by atoms with van der Waals surface area (Å²) in [5.41, 5.74) is 1.11. The lowest BCUT2D eigenvalue weighted by Crippen LogP contribution is -2.36. The van der Waals surface area contributed by atoms with Crippen LogP contribution in [0.5, 0.6) is 0 Å². The van der Waals surface area contributed by atoms with Crippen molar-refractivity contribution in [3.05, 3.63) is 47.6 Å². The number of hydrogen-bond acceptors (Lipinski definition) is 4. The smallest absolute Gasteiger partial charge is 0.237 e. The summed E-state index contributed by atoms with van der Waals surface area (Å²) in [5, 5.41) is 4.20. The summed E-state index contributed by atoms with van der Waals surface area (Å²) in [6, 6.07) is 10.3. The molecule has 1 unspecified atom stereocenters. The highest BCUT2D eigenvalue weighted by Crippen LogP contribution is 2.47. The van der Waals surface area contributed by atoms with E-state index in [1.165, 1.54) is 12.0 Å². The van der Waals surface area contributed by atoms with Crippen molar-refractivity contribution in [2.45, 2.75) is 50.9 Å². The molecule has 0 N–H and O–H groups in total. The summed E-state index contributed by atoms with van der Waals surface area (Å²) in [4.78, 5) is 16.2. The minimum absolute atomic E-state index is 0.0788. The molecule has 0 aliphatic heterocycles. The van der Waals surface area contributed by atoms with E-state index < -0.39 is 0 Å². The number of carbonyl (C=O) groups excluding carboxylic acids is 1. The lowest BCUT2D eigenvalue weighted by atomic mass is 9.64. The van der Waals surface area contributed by atoms with Gasteiger partial charge in [-0.15, -0.1) is 0 Å². The van der Waals surface area contributed by atoms with Gasteiger partial charge in [-0.25, -0.2) is 0 Å². The molecule has 0 radical (unpaired) electrons. The van der Waals surface area contributed by atoms with Crippen molar-refractivity contribution in [1.82, 2.24) is 10.1 Å². The molecule has 1 saturated carbocycles.